The van der Waals surface area contributed by atoms with Gasteiger partial charge >= 0.3 is 0 Å². The number of hydrogen-bond donors (Lipinski definition) is 4. The molecule has 0 saturated carbocycles. The highest BCUT2D eigenvalue weighted by Crippen LogP contribution is 2.39. The van der Waals surface area contributed by atoms with Gasteiger partial charge in [-0.2, -0.15) is 0 Å². The molecular formula is C19H18FN5OS. The number of carbonyl (C=O) groups is 1. The van der Waals surface area contributed by atoms with Crippen molar-refractivity contribution in [1.82, 2.24) is 15.3 Å². The van der Waals surface area contributed by atoms with Crippen molar-refractivity contribution in [3.05, 3.63) is 53.6 Å². The van der Waals surface area contributed by atoms with E-state index in [1.165, 1.54) is 17.8 Å². The van der Waals surface area contributed by atoms with Gasteiger partial charge in [-0.3, -0.25) is 4.79 Å². The summed E-state index contributed by atoms with van der Waals surface area (Å²) in [5.74, 6) is -0.0903. The Balaban J connectivity index is 1.90. The van der Waals surface area contributed by atoms with E-state index in [1.807, 2.05) is 12.3 Å². The maximum absolute atomic E-state index is 14.2. The molecule has 1 aliphatic heterocycles. The summed E-state index contributed by atoms with van der Waals surface area (Å²) in [6, 6.07) is 8.40. The van der Waals surface area contributed by atoms with E-state index in [1.54, 1.807) is 24.4 Å². The Kier molecular flexibility index (Phi) is 4.49. The number of H-pyrrole nitrogens is 1. The summed E-state index contributed by atoms with van der Waals surface area (Å²) in [5.41, 5.74) is 9.95. The highest BCUT2D eigenvalue weighted by molar-refractivity contribution is 7.98. The lowest BCUT2D eigenvalue weighted by Gasteiger charge is -2.16. The van der Waals surface area contributed by atoms with Crippen LogP contribution in [-0.2, 0) is 6.42 Å². The van der Waals surface area contributed by atoms with E-state index in [-0.39, 0.29) is 11.7 Å². The second kappa shape index (κ2) is 6.96. The quantitative estimate of drug-likeness (QED) is 0.517. The maximum atomic E-state index is 14.2. The zero-order valence-corrected chi connectivity index (χ0v) is 15.4. The van der Waals surface area contributed by atoms with Crippen LogP contribution in [0.25, 0.3) is 11.3 Å². The number of benzene rings is 1. The Morgan fingerprint density at radius 2 is 2.19 bits per heavy atom. The van der Waals surface area contributed by atoms with Crippen LogP contribution in [0.4, 0.5) is 21.6 Å². The van der Waals surface area contributed by atoms with Gasteiger partial charge in [0.2, 0.25) is 0 Å². The van der Waals surface area contributed by atoms with Crippen molar-refractivity contribution in [2.75, 3.05) is 23.9 Å². The number of halogens is 1. The van der Waals surface area contributed by atoms with Gasteiger partial charge in [0, 0.05) is 30.4 Å². The van der Waals surface area contributed by atoms with Crippen molar-refractivity contribution < 1.29 is 9.18 Å². The van der Waals surface area contributed by atoms with Crippen LogP contribution < -0.4 is 16.4 Å². The molecule has 2 aromatic heterocycles. The predicted octanol–water partition coefficient (Wildman–Crippen LogP) is 3.55. The molecule has 1 amide bonds. The molecule has 6 nitrogen and oxygen atoms in total. The topological polar surface area (TPSA) is 95.8 Å². The van der Waals surface area contributed by atoms with Gasteiger partial charge < -0.3 is 21.4 Å². The third-order valence-corrected chi connectivity index (χ3v) is 5.29. The molecule has 0 atom stereocenters. The Morgan fingerprint density at radius 3 is 2.96 bits per heavy atom. The van der Waals surface area contributed by atoms with Crippen LogP contribution in [-0.4, -0.2) is 28.7 Å². The number of nitrogens with two attached hydrogens (primary N) is 1. The summed E-state index contributed by atoms with van der Waals surface area (Å²) in [6.45, 7) is 0.569. The van der Waals surface area contributed by atoms with Gasteiger partial charge in [-0.1, -0.05) is 6.07 Å². The second-order valence-corrected chi connectivity index (χ2v) is 6.97. The molecule has 3 aromatic rings. The van der Waals surface area contributed by atoms with Gasteiger partial charge in [0.25, 0.3) is 5.91 Å². The minimum Gasteiger partial charge on any atom is -0.384 e. The van der Waals surface area contributed by atoms with Crippen molar-refractivity contribution in [1.29, 1.82) is 0 Å². The lowest BCUT2D eigenvalue weighted by molar-refractivity contribution is 0.0947. The van der Waals surface area contributed by atoms with Gasteiger partial charge in [0.1, 0.15) is 11.6 Å². The largest absolute Gasteiger partial charge is 0.384 e. The highest BCUT2D eigenvalue weighted by Gasteiger charge is 2.27. The molecular weight excluding hydrogens is 365 g/mol. The number of anilines is 3. The Labute approximate surface area is 159 Å². The van der Waals surface area contributed by atoms with Crippen molar-refractivity contribution in [2.45, 2.75) is 11.3 Å². The number of hydrogen-bond acceptors (Lipinski definition) is 5. The first kappa shape index (κ1) is 17.4. The molecule has 0 spiro atoms. The minimum atomic E-state index is -0.309. The number of pyridine rings is 1. The fourth-order valence-electron chi connectivity index (χ4n) is 3.27. The lowest BCUT2D eigenvalue weighted by Crippen LogP contribution is -2.31. The zero-order valence-electron chi connectivity index (χ0n) is 14.6. The fraction of sp³-hybridized carbons (Fsp3) is 0.158. The number of rotatable bonds is 4. The molecule has 5 N–H and O–H groups in total. The molecule has 0 radical (unpaired) electrons. The number of nitrogens with one attached hydrogen (secondary N) is 3. The number of aromatic nitrogens is 2. The van der Waals surface area contributed by atoms with E-state index in [9.17, 15) is 9.18 Å². The highest BCUT2D eigenvalue weighted by atomic mass is 32.2. The van der Waals surface area contributed by atoms with Crippen molar-refractivity contribution in [3.63, 3.8) is 0 Å². The first-order valence-corrected chi connectivity index (χ1v) is 9.65. The summed E-state index contributed by atoms with van der Waals surface area (Å²) in [5, 5.41) is 6.14. The summed E-state index contributed by atoms with van der Waals surface area (Å²) in [7, 11) is 0. The Bertz CT molecular complexity index is 1030. The molecule has 0 saturated heterocycles. The van der Waals surface area contributed by atoms with Gasteiger partial charge in [-0.25, -0.2) is 9.37 Å². The Hall–Kier alpha value is -3.00. The third kappa shape index (κ3) is 3.12. The lowest BCUT2D eigenvalue weighted by atomic mass is 10.1. The first-order chi connectivity index (χ1) is 13.1. The number of thioether (sulfide) groups is 1. The molecule has 0 unspecified atom stereocenters. The predicted molar refractivity (Wildman–Crippen MR) is 106 cm³/mol. The van der Waals surface area contributed by atoms with Crippen LogP contribution in [0.3, 0.4) is 0 Å². The van der Waals surface area contributed by atoms with Crippen molar-refractivity contribution >= 4 is 34.9 Å². The van der Waals surface area contributed by atoms with Crippen LogP contribution in [0, 0.1) is 5.82 Å². The van der Waals surface area contributed by atoms with Crippen LogP contribution in [0.15, 0.2) is 41.4 Å². The molecule has 1 aromatic carbocycles. The van der Waals surface area contributed by atoms with Crippen LogP contribution in [0.5, 0.6) is 0 Å². The van der Waals surface area contributed by atoms with Crippen molar-refractivity contribution in [3.8, 4) is 11.3 Å². The molecule has 27 heavy (non-hydrogen) atoms. The number of nitrogens with zero attached hydrogens (tertiary/aromatic N) is 1. The molecule has 0 aliphatic carbocycles. The van der Waals surface area contributed by atoms with E-state index in [0.29, 0.717) is 40.6 Å². The summed E-state index contributed by atoms with van der Waals surface area (Å²) in [6.07, 6.45) is 4.12. The van der Waals surface area contributed by atoms with E-state index in [2.05, 4.69) is 20.6 Å². The molecule has 1 aliphatic rings. The number of aromatic amines is 1. The smallest absolute Gasteiger partial charge is 0.255 e. The van der Waals surface area contributed by atoms with E-state index in [4.69, 9.17) is 5.73 Å². The van der Waals surface area contributed by atoms with Gasteiger partial charge in [0.05, 0.1) is 27.5 Å². The maximum Gasteiger partial charge on any atom is 0.255 e. The van der Waals surface area contributed by atoms with E-state index >= 15 is 0 Å². The molecule has 0 bridgehead atoms. The molecule has 8 heteroatoms. The van der Waals surface area contributed by atoms with Gasteiger partial charge in [-0.05, 0) is 30.5 Å². The monoisotopic (exact) mass is 383 g/mol. The Morgan fingerprint density at radius 1 is 1.33 bits per heavy atom. The molecule has 4 rings (SSSR count). The van der Waals surface area contributed by atoms with Crippen LogP contribution in [0.1, 0.15) is 16.1 Å². The summed E-state index contributed by atoms with van der Waals surface area (Å²) < 4.78 is 14.2. The number of fused-ring (bicyclic) bond motifs is 1. The fourth-order valence-corrected chi connectivity index (χ4v) is 3.88. The van der Waals surface area contributed by atoms with Crippen LogP contribution >= 0.6 is 11.8 Å². The molecule has 0 fully saturated rings. The SMILES string of the molecule is CSc1c(F)cccc1Nc1c(-c2ccnc(N)c2)[nH]c2c1C(=O)NCC2. The standard InChI is InChI=1S/C19H18FN5OS/c1-27-18-11(20)3-2-4-13(18)25-17-15-12(6-8-23-19(15)26)24-16(17)10-5-7-22-14(21)9-10/h2-5,7,9,24-25H,6,8H2,1H3,(H2,21,22)(H,23,26). The summed E-state index contributed by atoms with van der Waals surface area (Å²) in [4.78, 5) is 20.4. The summed E-state index contributed by atoms with van der Waals surface area (Å²) >= 11 is 1.31. The minimum absolute atomic E-state index is 0.162. The average Bonchev–Trinajstić information content (AvgIpc) is 3.02. The molecule has 138 valence electrons. The van der Waals surface area contributed by atoms with E-state index in [0.717, 1.165) is 17.0 Å². The zero-order chi connectivity index (χ0) is 19.0. The number of nitrogen functional groups attached to an aromatic ring is 1. The normalized spacial score (nSPS) is 13.2. The molecule has 3 heterocycles. The van der Waals surface area contributed by atoms with Crippen LogP contribution in [0.2, 0.25) is 0 Å². The first-order valence-electron chi connectivity index (χ1n) is 8.43. The second-order valence-electron chi connectivity index (χ2n) is 6.15. The number of carbonyl (C=O) groups excluding carboxylic acids is 1. The average molecular weight is 383 g/mol. The van der Waals surface area contributed by atoms with Gasteiger partial charge in [0.15, 0.2) is 0 Å². The number of amides is 1. The van der Waals surface area contributed by atoms with Gasteiger partial charge in [-0.15, -0.1) is 11.8 Å². The van der Waals surface area contributed by atoms with Crippen molar-refractivity contribution in [2.24, 2.45) is 0 Å². The van der Waals surface area contributed by atoms with E-state index < -0.39 is 0 Å². The third-order valence-electron chi connectivity index (χ3n) is 4.47.